The number of carboxylic acids is 1. The lowest BCUT2D eigenvalue weighted by molar-refractivity contribution is -0.137. The van der Waals surface area contributed by atoms with Crippen LogP contribution < -0.4 is 14.8 Å². The van der Waals surface area contributed by atoms with E-state index in [1.807, 2.05) is 25.1 Å². The quantitative estimate of drug-likeness (QED) is 0.217. The first kappa shape index (κ1) is 28.0. The van der Waals surface area contributed by atoms with Gasteiger partial charge < -0.3 is 15.6 Å². The summed E-state index contributed by atoms with van der Waals surface area (Å²) in [6.45, 7) is 3.85. The molecule has 3 aromatic carbocycles. The number of aryl methyl sites for hydroxylation is 1. The van der Waals surface area contributed by atoms with E-state index >= 15 is 0 Å². The van der Waals surface area contributed by atoms with Crippen molar-refractivity contribution in [2.24, 2.45) is 5.73 Å². The average molecular weight is 544 g/mol. The molecule has 0 fully saturated rings. The minimum Gasteiger partial charge on any atom is -0.493 e. The molecule has 0 bridgehead atoms. The van der Waals surface area contributed by atoms with Crippen LogP contribution in [0, 0.1) is 12.3 Å². The molecule has 1 atom stereocenters. The Bertz CT molecular complexity index is 1380. The third-order valence-electron chi connectivity index (χ3n) is 5.76. The van der Waals surface area contributed by atoms with Crippen molar-refractivity contribution in [1.29, 1.82) is 5.41 Å². The number of carboxylic acid groups (broad SMARTS) is 1. The first-order valence-electron chi connectivity index (χ1n) is 11.7. The molecular weight excluding hydrogens is 514 g/mol. The van der Waals surface area contributed by atoms with Gasteiger partial charge >= 0.3 is 5.97 Å². The molecule has 0 spiro atoms. The molecule has 0 aliphatic carbocycles. The number of rotatable bonds is 12. The van der Waals surface area contributed by atoms with E-state index in [1.54, 1.807) is 43.3 Å². The zero-order chi connectivity index (χ0) is 27.2. The monoisotopic (exact) mass is 543 g/mol. The summed E-state index contributed by atoms with van der Waals surface area (Å²) in [7, 11) is -4.11. The number of amidine groups is 1. The molecule has 10 heteroatoms. The van der Waals surface area contributed by atoms with Crippen molar-refractivity contribution < 1.29 is 23.1 Å². The molecule has 3 rings (SSSR count). The third-order valence-corrected chi connectivity index (χ3v) is 8.21. The predicted octanol–water partition coefficient (Wildman–Crippen LogP) is 5.00. The molecule has 0 aliphatic rings. The highest BCUT2D eigenvalue weighted by Gasteiger charge is 2.31. The maximum absolute atomic E-state index is 13.8. The van der Waals surface area contributed by atoms with E-state index in [0.29, 0.717) is 30.0 Å². The van der Waals surface area contributed by atoms with Crippen molar-refractivity contribution in [1.82, 2.24) is 0 Å². The molecule has 0 saturated carbocycles. The Morgan fingerprint density at radius 2 is 1.81 bits per heavy atom. The van der Waals surface area contributed by atoms with Crippen LogP contribution in [0.3, 0.4) is 0 Å². The van der Waals surface area contributed by atoms with E-state index < -0.39 is 22.0 Å². The Labute approximate surface area is 222 Å². The number of carbonyl (C=O) groups is 1. The second kappa shape index (κ2) is 12.1. The largest absolute Gasteiger partial charge is 0.493 e. The number of nitrogens with one attached hydrogen (secondary N) is 1. The van der Waals surface area contributed by atoms with Crippen molar-refractivity contribution in [3.05, 3.63) is 88.4 Å². The van der Waals surface area contributed by atoms with Gasteiger partial charge in [-0.3, -0.25) is 14.5 Å². The zero-order valence-corrected chi connectivity index (χ0v) is 22.2. The van der Waals surface area contributed by atoms with Gasteiger partial charge in [-0.05, 0) is 55.7 Å². The highest BCUT2D eigenvalue weighted by molar-refractivity contribution is 7.93. The molecule has 4 N–H and O–H groups in total. The fraction of sp³-hybridized carbons (Fsp3) is 0.259. The number of nitrogen functional groups attached to an aromatic ring is 1. The van der Waals surface area contributed by atoms with Crippen LogP contribution >= 0.6 is 11.6 Å². The lowest BCUT2D eigenvalue weighted by atomic mass is 10.1. The van der Waals surface area contributed by atoms with Gasteiger partial charge in [0, 0.05) is 30.5 Å². The molecular formula is C27H30ClN3O5S. The van der Waals surface area contributed by atoms with Crippen molar-refractivity contribution in [2.75, 3.05) is 10.9 Å². The summed E-state index contributed by atoms with van der Waals surface area (Å²) < 4.78 is 34.7. The Balaban J connectivity index is 1.89. The molecule has 37 heavy (non-hydrogen) atoms. The lowest BCUT2D eigenvalue weighted by Crippen LogP contribution is -2.39. The molecule has 1 unspecified atom stereocenters. The van der Waals surface area contributed by atoms with Crippen LogP contribution in [0.2, 0.25) is 5.02 Å². The molecule has 3 aromatic rings. The van der Waals surface area contributed by atoms with Gasteiger partial charge in [0.2, 0.25) is 0 Å². The van der Waals surface area contributed by atoms with Crippen LogP contribution in [0.1, 0.15) is 36.5 Å². The number of aliphatic carboxylic acids is 1. The molecule has 0 heterocycles. The summed E-state index contributed by atoms with van der Waals surface area (Å²) in [6, 6.07) is 18.0. The molecule has 8 nitrogen and oxygen atoms in total. The number of halogens is 1. The first-order chi connectivity index (χ1) is 17.5. The molecule has 0 radical (unpaired) electrons. The van der Waals surface area contributed by atoms with Gasteiger partial charge in [-0.2, -0.15) is 0 Å². The van der Waals surface area contributed by atoms with E-state index in [9.17, 15) is 18.3 Å². The fourth-order valence-corrected chi connectivity index (χ4v) is 6.08. The van der Waals surface area contributed by atoms with Crippen LogP contribution in [-0.4, -0.2) is 38.0 Å². The van der Waals surface area contributed by atoms with Gasteiger partial charge in [0.25, 0.3) is 10.0 Å². The summed E-state index contributed by atoms with van der Waals surface area (Å²) >= 11 is 6.25. The van der Waals surface area contributed by atoms with Gasteiger partial charge in [0.1, 0.15) is 16.5 Å². The standard InChI is InChI=1S/C27H30ClN3O5S/c1-18-15-22(17-23(16-18)36-14-13-20-8-10-21(11-9-20)27(29)30)31(19(2)7-12-26(32)33)37(34,35)25-6-4-3-5-24(25)28/h3-6,8-11,15-17,19H,7,12-14H2,1-2H3,(H3,29,30)(H,32,33). The average Bonchev–Trinajstić information content (AvgIpc) is 2.83. The van der Waals surface area contributed by atoms with E-state index in [0.717, 1.165) is 11.1 Å². The minimum atomic E-state index is -4.11. The number of anilines is 1. The molecule has 196 valence electrons. The maximum atomic E-state index is 13.8. The maximum Gasteiger partial charge on any atom is 0.303 e. The van der Waals surface area contributed by atoms with E-state index in [4.69, 9.17) is 27.5 Å². The van der Waals surface area contributed by atoms with Crippen LogP contribution in [-0.2, 0) is 21.2 Å². The van der Waals surface area contributed by atoms with Gasteiger partial charge in [-0.15, -0.1) is 0 Å². The fourth-order valence-electron chi connectivity index (χ4n) is 3.92. The second-order valence-corrected chi connectivity index (χ2v) is 10.9. The number of sulfonamides is 1. The van der Waals surface area contributed by atoms with Crippen LogP contribution in [0.15, 0.2) is 71.6 Å². The predicted molar refractivity (Wildman–Crippen MR) is 145 cm³/mol. The Kier molecular flexibility index (Phi) is 9.18. The third kappa shape index (κ3) is 7.24. The van der Waals surface area contributed by atoms with Crippen LogP contribution in [0.5, 0.6) is 5.75 Å². The van der Waals surface area contributed by atoms with Crippen LogP contribution in [0.4, 0.5) is 5.69 Å². The molecule has 0 aliphatic heterocycles. The lowest BCUT2D eigenvalue weighted by Gasteiger charge is -2.31. The topological polar surface area (TPSA) is 134 Å². The first-order valence-corrected chi connectivity index (χ1v) is 13.5. The van der Waals surface area contributed by atoms with E-state index in [1.165, 1.54) is 16.4 Å². The van der Waals surface area contributed by atoms with Gasteiger partial charge in [-0.1, -0.05) is 48.0 Å². The van der Waals surface area contributed by atoms with Gasteiger partial charge in [-0.25, -0.2) is 8.42 Å². The van der Waals surface area contributed by atoms with E-state index in [2.05, 4.69) is 0 Å². The molecule has 0 aromatic heterocycles. The van der Waals surface area contributed by atoms with Crippen molar-refractivity contribution >= 4 is 39.1 Å². The highest BCUT2D eigenvalue weighted by atomic mass is 35.5. The number of benzene rings is 3. The number of ether oxygens (including phenoxy) is 1. The number of hydrogen-bond donors (Lipinski definition) is 3. The smallest absolute Gasteiger partial charge is 0.303 e. The number of nitrogens with two attached hydrogens (primary N) is 1. The highest BCUT2D eigenvalue weighted by Crippen LogP contribution is 2.34. The zero-order valence-electron chi connectivity index (χ0n) is 20.6. The summed E-state index contributed by atoms with van der Waals surface area (Å²) in [4.78, 5) is 11.1. The Hall–Kier alpha value is -3.56. The summed E-state index contributed by atoms with van der Waals surface area (Å²) in [5, 5.41) is 16.7. The van der Waals surface area contributed by atoms with Gasteiger partial charge in [0.15, 0.2) is 0 Å². The summed E-state index contributed by atoms with van der Waals surface area (Å²) in [6.07, 6.45) is 0.519. The normalized spacial score (nSPS) is 12.1. The second-order valence-electron chi connectivity index (χ2n) is 8.73. The number of nitrogens with zero attached hydrogens (tertiary/aromatic N) is 1. The minimum absolute atomic E-state index is 0.00368. The SMILES string of the molecule is Cc1cc(OCCc2ccc(C(=N)N)cc2)cc(N(C(C)CCC(=O)O)S(=O)(=O)c2ccccc2Cl)c1. The molecule has 0 amide bonds. The van der Waals surface area contributed by atoms with Gasteiger partial charge in [0.05, 0.1) is 17.3 Å². The van der Waals surface area contributed by atoms with E-state index in [-0.39, 0.29) is 28.6 Å². The van der Waals surface area contributed by atoms with Crippen molar-refractivity contribution in [3.8, 4) is 5.75 Å². The Morgan fingerprint density at radius 3 is 2.43 bits per heavy atom. The molecule has 0 saturated heterocycles. The van der Waals surface area contributed by atoms with Crippen LogP contribution in [0.25, 0.3) is 0 Å². The Morgan fingerprint density at radius 1 is 1.14 bits per heavy atom. The van der Waals surface area contributed by atoms with Crippen molar-refractivity contribution in [3.63, 3.8) is 0 Å². The summed E-state index contributed by atoms with van der Waals surface area (Å²) in [5.41, 5.74) is 8.29. The van der Waals surface area contributed by atoms with Crippen molar-refractivity contribution in [2.45, 2.75) is 44.0 Å². The summed E-state index contributed by atoms with van der Waals surface area (Å²) in [5.74, 6) is -0.518. The number of hydrogen-bond acceptors (Lipinski definition) is 5.